The van der Waals surface area contributed by atoms with Crippen LogP contribution in [0.2, 0.25) is 0 Å². The summed E-state index contributed by atoms with van der Waals surface area (Å²) in [6.45, 7) is 1.26. The standard InChI is InChI=1S/C18H16N4O3/c23-18(14-3-1-13(2-4-14)17-20-12-24-21-17)22-10-7-16(11-22)25-15-5-8-19-9-6-15/h1-6,8-9,12,16H,7,10-11H2/t16-/m1/s1. The van der Waals surface area contributed by atoms with E-state index in [1.807, 2.05) is 29.2 Å². The molecule has 1 aliphatic rings. The van der Waals surface area contributed by atoms with E-state index in [1.165, 1.54) is 6.39 Å². The summed E-state index contributed by atoms with van der Waals surface area (Å²) >= 11 is 0. The smallest absolute Gasteiger partial charge is 0.253 e. The predicted molar refractivity (Wildman–Crippen MR) is 88.9 cm³/mol. The second-order valence-electron chi connectivity index (χ2n) is 5.79. The Balaban J connectivity index is 1.40. The average molecular weight is 336 g/mol. The molecule has 0 unspecified atom stereocenters. The third kappa shape index (κ3) is 3.35. The fourth-order valence-corrected chi connectivity index (χ4v) is 2.86. The third-order valence-corrected chi connectivity index (χ3v) is 4.14. The summed E-state index contributed by atoms with van der Waals surface area (Å²) in [6, 6.07) is 10.8. The highest BCUT2D eigenvalue weighted by atomic mass is 16.5. The van der Waals surface area contributed by atoms with Gasteiger partial charge < -0.3 is 14.2 Å². The number of carbonyl (C=O) groups excluding carboxylic acids is 1. The van der Waals surface area contributed by atoms with Gasteiger partial charge in [0.2, 0.25) is 12.2 Å². The first-order valence-corrected chi connectivity index (χ1v) is 8.02. The van der Waals surface area contributed by atoms with Crippen molar-refractivity contribution in [3.63, 3.8) is 0 Å². The molecule has 0 N–H and O–H groups in total. The average Bonchev–Trinajstić information content (AvgIpc) is 3.34. The molecule has 126 valence electrons. The minimum absolute atomic E-state index is 0.000454. The van der Waals surface area contributed by atoms with E-state index >= 15 is 0 Å². The van der Waals surface area contributed by atoms with Crippen LogP contribution in [0.4, 0.5) is 0 Å². The molecule has 1 aliphatic heterocycles. The van der Waals surface area contributed by atoms with Gasteiger partial charge in [0, 0.05) is 36.5 Å². The molecule has 3 heterocycles. The van der Waals surface area contributed by atoms with Crippen LogP contribution >= 0.6 is 0 Å². The molecule has 7 heteroatoms. The molecule has 1 atom stereocenters. The van der Waals surface area contributed by atoms with Crippen LogP contribution in [0, 0.1) is 0 Å². The van der Waals surface area contributed by atoms with Crippen molar-refractivity contribution < 1.29 is 14.1 Å². The van der Waals surface area contributed by atoms with Gasteiger partial charge in [-0.25, -0.2) is 0 Å². The molecule has 0 aliphatic carbocycles. The number of amides is 1. The first-order valence-electron chi connectivity index (χ1n) is 8.02. The van der Waals surface area contributed by atoms with E-state index in [0.29, 0.717) is 24.5 Å². The number of benzene rings is 1. The highest BCUT2D eigenvalue weighted by Gasteiger charge is 2.28. The summed E-state index contributed by atoms with van der Waals surface area (Å²) in [7, 11) is 0. The lowest BCUT2D eigenvalue weighted by Crippen LogP contribution is -2.30. The van der Waals surface area contributed by atoms with E-state index in [2.05, 4.69) is 15.1 Å². The number of nitrogens with zero attached hydrogens (tertiary/aromatic N) is 4. The molecule has 4 rings (SSSR count). The molecule has 1 amide bonds. The van der Waals surface area contributed by atoms with Crippen LogP contribution in [0.25, 0.3) is 11.4 Å². The zero-order valence-electron chi connectivity index (χ0n) is 13.4. The molecular formula is C18H16N4O3. The van der Waals surface area contributed by atoms with Gasteiger partial charge in [-0.15, -0.1) is 0 Å². The van der Waals surface area contributed by atoms with Crippen LogP contribution in [0.15, 0.2) is 59.7 Å². The Labute approximate surface area is 144 Å². The van der Waals surface area contributed by atoms with Crippen molar-refractivity contribution in [2.75, 3.05) is 13.1 Å². The number of hydrogen-bond acceptors (Lipinski definition) is 6. The van der Waals surface area contributed by atoms with Crippen molar-refractivity contribution in [1.82, 2.24) is 20.0 Å². The van der Waals surface area contributed by atoms with E-state index < -0.39 is 0 Å². The monoisotopic (exact) mass is 336 g/mol. The van der Waals surface area contributed by atoms with Gasteiger partial charge >= 0.3 is 0 Å². The Bertz CT molecular complexity index is 835. The first kappa shape index (κ1) is 15.3. The number of pyridine rings is 1. The zero-order chi connectivity index (χ0) is 17.1. The normalized spacial score (nSPS) is 16.8. The molecular weight excluding hydrogens is 320 g/mol. The van der Waals surface area contributed by atoms with Gasteiger partial charge in [-0.05, 0) is 24.3 Å². The largest absolute Gasteiger partial charge is 0.488 e. The van der Waals surface area contributed by atoms with Gasteiger partial charge in [-0.3, -0.25) is 9.78 Å². The molecule has 25 heavy (non-hydrogen) atoms. The third-order valence-electron chi connectivity index (χ3n) is 4.14. The van der Waals surface area contributed by atoms with Crippen LogP contribution in [0.3, 0.4) is 0 Å². The topological polar surface area (TPSA) is 81.4 Å². The van der Waals surface area contributed by atoms with Crippen LogP contribution in [-0.4, -0.2) is 45.1 Å². The Morgan fingerprint density at radius 3 is 2.68 bits per heavy atom. The fraction of sp³-hybridized carbons (Fsp3) is 0.222. The molecule has 7 nitrogen and oxygen atoms in total. The van der Waals surface area contributed by atoms with Crippen molar-refractivity contribution in [2.24, 2.45) is 0 Å². The summed E-state index contributed by atoms with van der Waals surface area (Å²) in [6.07, 6.45) is 5.48. The number of hydrogen-bond donors (Lipinski definition) is 0. The predicted octanol–water partition coefficient (Wildman–Crippen LogP) is 2.43. The number of rotatable bonds is 4. The highest BCUT2D eigenvalue weighted by Crippen LogP contribution is 2.21. The Morgan fingerprint density at radius 2 is 1.96 bits per heavy atom. The van der Waals surface area contributed by atoms with Crippen LogP contribution < -0.4 is 4.74 Å². The van der Waals surface area contributed by atoms with Gasteiger partial charge in [0.1, 0.15) is 11.9 Å². The molecule has 0 bridgehead atoms. The second-order valence-corrected chi connectivity index (χ2v) is 5.79. The number of carbonyl (C=O) groups is 1. The maximum atomic E-state index is 12.7. The van der Waals surface area contributed by atoms with E-state index in [4.69, 9.17) is 9.26 Å². The molecule has 1 fully saturated rings. The molecule has 3 aromatic rings. The number of likely N-dealkylation sites (tertiary alicyclic amines) is 1. The van der Waals surface area contributed by atoms with Gasteiger partial charge in [-0.1, -0.05) is 17.3 Å². The fourth-order valence-electron chi connectivity index (χ4n) is 2.86. The minimum atomic E-state index is 0.000454. The van der Waals surface area contributed by atoms with Crippen LogP contribution in [0.5, 0.6) is 5.75 Å². The highest BCUT2D eigenvalue weighted by molar-refractivity contribution is 5.94. The lowest BCUT2D eigenvalue weighted by Gasteiger charge is -2.17. The van der Waals surface area contributed by atoms with E-state index in [1.54, 1.807) is 24.5 Å². The van der Waals surface area contributed by atoms with E-state index in [9.17, 15) is 4.79 Å². The summed E-state index contributed by atoms with van der Waals surface area (Å²) in [5, 5.41) is 3.79. The Kier molecular flexibility index (Phi) is 4.12. The van der Waals surface area contributed by atoms with Crippen molar-refractivity contribution >= 4 is 5.91 Å². The van der Waals surface area contributed by atoms with Gasteiger partial charge in [0.05, 0.1) is 6.54 Å². The number of ether oxygens (including phenoxy) is 1. The van der Waals surface area contributed by atoms with Crippen molar-refractivity contribution in [2.45, 2.75) is 12.5 Å². The molecule has 0 spiro atoms. The van der Waals surface area contributed by atoms with Crippen LogP contribution in [0.1, 0.15) is 16.8 Å². The molecule has 2 aromatic heterocycles. The summed E-state index contributed by atoms with van der Waals surface area (Å²) in [4.78, 5) is 22.4. The maximum Gasteiger partial charge on any atom is 0.253 e. The lowest BCUT2D eigenvalue weighted by molar-refractivity contribution is 0.0772. The van der Waals surface area contributed by atoms with Crippen molar-refractivity contribution in [3.8, 4) is 17.1 Å². The minimum Gasteiger partial charge on any atom is -0.488 e. The molecule has 0 radical (unpaired) electrons. The summed E-state index contributed by atoms with van der Waals surface area (Å²) in [5.74, 6) is 1.28. The second kappa shape index (κ2) is 6.72. The first-order chi connectivity index (χ1) is 12.3. The molecule has 0 saturated carbocycles. The van der Waals surface area contributed by atoms with E-state index in [-0.39, 0.29) is 12.0 Å². The SMILES string of the molecule is O=C(c1ccc(-c2ncon2)cc1)N1CC[C@@H](Oc2ccncc2)C1. The zero-order valence-corrected chi connectivity index (χ0v) is 13.4. The molecule has 1 aromatic carbocycles. The quantitative estimate of drug-likeness (QED) is 0.728. The van der Waals surface area contributed by atoms with Gasteiger partial charge in [-0.2, -0.15) is 4.98 Å². The summed E-state index contributed by atoms with van der Waals surface area (Å²) in [5.41, 5.74) is 1.45. The lowest BCUT2D eigenvalue weighted by atomic mass is 10.1. The summed E-state index contributed by atoms with van der Waals surface area (Å²) < 4.78 is 10.6. The van der Waals surface area contributed by atoms with Gasteiger partial charge in [0.25, 0.3) is 5.91 Å². The van der Waals surface area contributed by atoms with Crippen LogP contribution in [-0.2, 0) is 0 Å². The Hall–Kier alpha value is -3.22. The van der Waals surface area contributed by atoms with Crippen molar-refractivity contribution in [3.05, 3.63) is 60.7 Å². The maximum absolute atomic E-state index is 12.7. The van der Waals surface area contributed by atoms with Gasteiger partial charge in [0.15, 0.2) is 0 Å². The van der Waals surface area contributed by atoms with E-state index in [0.717, 1.165) is 17.7 Å². The van der Waals surface area contributed by atoms with Crippen molar-refractivity contribution in [1.29, 1.82) is 0 Å². The Morgan fingerprint density at radius 1 is 1.16 bits per heavy atom. The molecule has 1 saturated heterocycles. The number of aromatic nitrogens is 3.